The zero-order valence-corrected chi connectivity index (χ0v) is 13.9. The molecule has 0 radical (unpaired) electrons. The Morgan fingerprint density at radius 1 is 1.12 bits per heavy atom. The van der Waals surface area contributed by atoms with Gasteiger partial charge in [0.1, 0.15) is 0 Å². The number of rotatable bonds is 4. The molecule has 134 valence electrons. The second-order valence-corrected chi connectivity index (χ2v) is 6.53. The number of thiophene rings is 1. The van der Waals surface area contributed by atoms with Crippen LogP contribution in [0.3, 0.4) is 0 Å². The summed E-state index contributed by atoms with van der Waals surface area (Å²) in [6, 6.07) is 7.72. The van der Waals surface area contributed by atoms with E-state index in [4.69, 9.17) is 11.5 Å². The fraction of sp³-hybridized carbons (Fsp3) is 0.118. The molecule has 3 rings (SSSR count). The highest BCUT2D eigenvalue weighted by Gasteiger charge is 2.48. The van der Waals surface area contributed by atoms with Crippen LogP contribution in [0.5, 0.6) is 0 Å². The van der Waals surface area contributed by atoms with Gasteiger partial charge >= 0.3 is 6.18 Å². The molecule has 0 aliphatic carbocycles. The molecule has 1 aromatic carbocycles. The Hall–Kier alpha value is -2.94. The number of carbonyl (C=O) groups is 2. The zero-order chi connectivity index (χ0) is 19.1. The molecule has 0 saturated heterocycles. The number of hydrogen-bond donors (Lipinski definition) is 2. The van der Waals surface area contributed by atoms with Crippen LogP contribution >= 0.6 is 11.3 Å². The predicted molar refractivity (Wildman–Crippen MR) is 91.8 cm³/mol. The molecule has 2 aromatic rings. The molecule has 1 atom stereocenters. The Kier molecular flexibility index (Phi) is 4.19. The Morgan fingerprint density at radius 3 is 2.23 bits per heavy atom. The maximum absolute atomic E-state index is 13.8. The molecule has 1 aromatic heterocycles. The molecule has 26 heavy (non-hydrogen) atoms. The fourth-order valence-corrected chi connectivity index (χ4v) is 4.24. The monoisotopic (exact) mass is 379 g/mol. The lowest BCUT2D eigenvalue weighted by atomic mass is 9.92. The fourth-order valence-electron chi connectivity index (χ4n) is 2.78. The second-order valence-electron chi connectivity index (χ2n) is 5.51. The smallest absolute Gasteiger partial charge is 0.367 e. The first-order valence-electron chi connectivity index (χ1n) is 7.31. The van der Waals surface area contributed by atoms with Crippen molar-refractivity contribution in [2.24, 2.45) is 16.5 Å². The molecule has 9 heteroatoms. The number of primary amides is 2. The van der Waals surface area contributed by atoms with E-state index in [1.165, 1.54) is 30.5 Å². The number of nitrogens with zero attached hydrogens (tertiary/aromatic N) is 1. The molecule has 0 fully saturated rings. The molecule has 5 nitrogen and oxygen atoms in total. The number of halogens is 3. The Labute approximate surface area is 149 Å². The van der Waals surface area contributed by atoms with E-state index in [1.54, 1.807) is 18.2 Å². The summed E-state index contributed by atoms with van der Waals surface area (Å²) in [7, 11) is 0. The van der Waals surface area contributed by atoms with Crippen molar-refractivity contribution >= 4 is 29.4 Å². The molecule has 0 spiro atoms. The number of aliphatic imine (C=N–C) groups is 1. The maximum atomic E-state index is 13.8. The van der Waals surface area contributed by atoms with E-state index in [-0.39, 0.29) is 15.3 Å². The minimum atomic E-state index is -4.87. The highest BCUT2D eigenvalue weighted by molar-refractivity contribution is 7.16. The predicted octanol–water partition coefficient (Wildman–Crippen LogP) is 2.85. The maximum Gasteiger partial charge on any atom is 0.418 e. The third-order valence-electron chi connectivity index (χ3n) is 3.90. The Balaban J connectivity index is 2.42. The van der Waals surface area contributed by atoms with Crippen molar-refractivity contribution in [3.05, 3.63) is 58.5 Å². The average molecular weight is 379 g/mol. The van der Waals surface area contributed by atoms with Gasteiger partial charge in [-0.2, -0.15) is 13.2 Å². The van der Waals surface area contributed by atoms with E-state index in [0.717, 1.165) is 0 Å². The summed E-state index contributed by atoms with van der Waals surface area (Å²) >= 11 is 0.632. The summed E-state index contributed by atoms with van der Waals surface area (Å²) in [5, 5.41) is 0. The summed E-state index contributed by atoms with van der Waals surface area (Å²) in [4.78, 5) is 27.5. The van der Waals surface area contributed by atoms with Crippen molar-refractivity contribution in [1.29, 1.82) is 0 Å². The van der Waals surface area contributed by atoms with Crippen LogP contribution in [0.2, 0.25) is 0 Å². The third-order valence-corrected chi connectivity index (χ3v) is 5.26. The summed E-state index contributed by atoms with van der Waals surface area (Å²) in [5.74, 6) is -2.30. The van der Waals surface area contributed by atoms with Crippen molar-refractivity contribution < 1.29 is 22.8 Å². The quantitative estimate of drug-likeness (QED) is 0.854. The second kappa shape index (κ2) is 6.10. The van der Waals surface area contributed by atoms with Gasteiger partial charge in [-0.15, -0.1) is 11.3 Å². The third kappa shape index (κ3) is 2.70. The molecule has 4 N–H and O–H groups in total. The first-order chi connectivity index (χ1) is 12.2. The molecular formula is C17H12F3N3O2S. The van der Waals surface area contributed by atoms with Crippen molar-refractivity contribution in [3.8, 4) is 10.4 Å². The Bertz CT molecular complexity index is 934. The zero-order valence-electron chi connectivity index (χ0n) is 13.1. The molecule has 1 aliphatic rings. The van der Waals surface area contributed by atoms with Gasteiger partial charge in [-0.3, -0.25) is 14.6 Å². The van der Waals surface area contributed by atoms with Crippen molar-refractivity contribution in [3.63, 3.8) is 0 Å². The van der Waals surface area contributed by atoms with Gasteiger partial charge in [0.15, 0.2) is 5.54 Å². The number of nitrogens with two attached hydrogens (primary N) is 2. The van der Waals surface area contributed by atoms with Gasteiger partial charge in [0.05, 0.1) is 16.0 Å². The standard InChI is InChI=1S/C17H12F3N3O2S/c18-17(19,20)11-10(14(21)24)13(16(15(22)25)7-4-8-23-16)26-12(11)9-5-2-1-3-6-9/h1-8H,(H2,21,24)(H2,22,25). The van der Waals surface area contributed by atoms with Crippen LogP contribution in [-0.2, 0) is 16.5 Å². The van der Waals surface area contributed by atoms with Crippen LogP contribution in [0.15, 0.2) is 47.5 Å². The van der Waals surface area contributed by atoms with Crippen LogP contribution in [0.25, 0.3) is 10.4 Å². The van der Waals surface area contributed by atoms with Crippen LogP contribution in [0.4, 0.5) is 13.2 Å². The van der Waals surface area contributed by atoms with Gasteiger partial charge in [-0.05, 0) is 17.7 Å². The number of benzene rings is 1. The molecule has 2 amide bonds. The minimum Gasteiger partial charge on any atom is -0.367 e. The normalized spacial score (nSPS) is 19.0. The van der Waals surface area contributed by atoms with E-state index < -0.39 is 34.7 Å². The first kappa shape index (κ1) is 17.9. The van der Waals surface area contributed by atoms with Crippen molar-refractivity contribution in [2.45, 2.75) is 11.7 Å². The van der Waals surface area contributed by atoms with Gasteiger partial charge in [0.2, 0.25) is 0 Å². The van der Waals surface area contributed by atoms with Crippen LogP contribution in [-0.4, -0.2) is 18.0 Å². The van der Waals surface area contributed by atoms with E-state index in [9.17, 15) is 22.8 Å². The molecule has 1 aliphatic heterocycles. The van der Waals surface area contributed by atoms with Crippen molar-refractivity contribution in [2.75, 3.05) is 0 Å². The van der Waals surface area contributed by atoms with Crippen molar-refractivity contribution in [1.82, 2.24) is 0 Å². The molecule has 2 heterocycles. The van der Waals surface area contributed by atoms with Gasteiger partial charge in [-0.25, -0.2) is 0 Å². The average Bonchev–Trinajstić information content (AvgIpc) is 3.20. The van der Waals surface area contributed by atoms with Crippen LogP contribution < -0.4 is 11.5 Å². The van der Waals surface area contributed by atoms with Gasteiger partial charge in [0, 0.05) is 11.1 Å². The molecular weight excluding hydrogens is 367 g/mol. The highest BCUT2D eigenvalue weighted by atomic mass is 32.1. The number of allylic oxidation sites excluding steroid dienone is 1. The lowest BCUT2D eigenvalue weighted by Crippen LogP contribution is -2.38. The first-order valence-corrected chi connectivity index (χ1v) is 8.13. The number of alkyl halides is 3. The molecule has 0 bridgehead atoms. The topological polar surface area (TPSA) is 98.5 Å². The summed E-state index contributed by atoms with van der Waals surface area (Å²) < 4.78 is 41.4. The van der Waals surface area contributed by atoms with Gasteiger partial charge in [0.25, 0.3) is 11.8 Å². The van der Waals surface area contributed by atoms with E-state index in [0.29, 0.717) is 11.3 Å². The number of amides is 2. The summed E-state index contributed by atoms with van der Waals surface area (Å²) in [6.07, 6.45) is -0.993. The SMILES string of the molecule is NC(=O)c1c(C2(C(N)=O)C=CC=N2)sc(-c2ccccc2)c1C(F)(F)F. The number of hydrogen-bond acceptors (Lipinski definition) is 4. The highest BCUT2D eigenvalue weighted by Crippen LogP contribution is 2.50. The molecule has 0 saturated carbocycles. The summed E-state index contributed by atoms with van der Waals surface area (Å²) in [5.41, 5.74) is 7.06. The van der Waals surface area contributed by atoms with Crippen LogP contribution in [0.1, 0.15) is 20.8 Å². The van der Waals surface area contributed by atoms with E-state index in [1.807, 2.05) is 0 Å². The van der Waals surface area contributed by atoms with E-state index in [2.05, 4.69) is 4.99 Å². The number of carbonyl (C=O) groups excluding carboxylic acids is 2. The lowest BCUT2D eigenvalue weighted by molar-refractivity contribution is -0.137. The van der Waals surface area contributed by atoms with Gasteiger partial charge in [-0.1, -0.05) is 30.3 Å². The van der Waals surface area contributed by atoms with E-state index >= 15 is 0 Å². The lowest BCUT2D eigenvalue weighted by Gasteiger charge is -2.20. The summed E-state index contributed by atoms with van der Waals surface area (Å²) in [6.45, 7) is 0. The minimum absolute atomic E-state index is 0.224. The largest absolute Gasteiger partial charge is 0.418 e. The van der Waals surface area contributed by atoms with Crippen LogP contribution in [0, 0.1) is 0 Å². The Morgan fingerprint density at radius 2 is 1.77 bits per heavy atom. The van der Waals surface area contributed by atoms with Gasteiger partial charge < -0.3 is 11.5 Å². The molecule has 1 unspecified atom stereocenters.